The van der Waals surface area contributed by atoms with Crippen LogP contribution in [0.5, 0.6) is 0 Å². The van der Waals surface area contributed by atoms with Crippen molar-refractivity contribution in [2.45, 2.75) is 27.2 Å². The molecule has 0 aromatic carbocycles. The molecular formula is C8H14. The van der Waals surface area contributed by atoms with Gasteiger partial charge in [-0.15, -0.1) is 0 Å². The van der Waals surface area contributed by atoms with E-state index in [-0.39, 0.29) is 0 Å². The third kappa shape index (κ3) is 0.795. The Kier molecular flexibility index (Phi) is 1.00. The van der Waals surface area contributed by atoms with E-state index in [9.17, 15) is 0 Å². The van der Waals surface area contributed by atoms with Crippen molar-refractivity contribution >= 4 is 0 Å². The standard InChI is InChI=1S/C8H14/c1-6(2)7-5-8(7,3)4/h7H,1,5H2,2-4H3/t7-/m0/s1. The summed E-state index contributed by atoms with van der Waals surface area (Å²) in [4.78, 5) is 0. The Bertz CT molecular complexity index is 120. The van der Waals surface area contributed by atoms with Crippen molar-refractivity contribution in [3.63, 3.8) is 0 Å². The van der Waals surface area contributed by atoms with Gasteiger partial charge in [0.15, 0.2) is 0 Å². The summed E-state index contributed by atoms with van der Waals surface area (Å²) in [6, 6.07) is 0. The molecule has 1 saturated carbocycles. The van der Waals surface area contributed by atoms with Crippen LogP contribution in [0.3, 0.4) is 0 Å². The molecule has 1 atom stereocenters. The quantitative estimate of drug-likeness (QED) is 0.455. The molecule has 0 spiro atoms. The fourth-order valence-electron chi connectivity index (χ4n) is 1.31. The van der Waals surface area contributed by atoms with E-state index < -0.39 is 0 Å². The minimum atomic E-state index is 0.589. The van der Waals surface area contributed by atoms with E-state index in [0.29, 0.717) is 5.41 Å². The first-order valence-electron chi connectivity index (χ1n) is 3.19. The normalized spacial score (nSPS) is 32.1. The van der Waals surface area contributed by atoms with E-state index in [0.717, 1.165) is 5.92 Å². The van der Waals surface area contributed by atoms with E-state index in [1.54, 1.807) is 0 Å². The van der Waals surface area contributed by atoms with Crippen LogP contribution in [-0.2, 0) is 0 Å². The van der Waals surface area contributed by atoms with Gasteiger partial charge in [-0.05, 0) is 24.7 Å². The molecule has 0 bridgehead atoms. The van der Waals surface area contributed by atoms with Gasteiger partial charge in [-0.1, -0.05) is 26.0 Å². The van der Waals surface area contributed by atoms with E-state index in [1.165, 1.54) is 12.0 Å². The van der Waals surface area contributed by atoms with Gasteiger partial charge in [-0.3, -0.25) is 0 Å². The van der Waals surface area contributed by atoms with Crippen LogP contribution in [0.2, 0.25) is 0 Å². The van der Waals surface area contributed by atoms with Gasteiger partial charge in [0.2, 0.25) is 0 Å². The Labute approximate surface area is 51.6 Å². The summed E-state index contributed by atoms with van der Waals surface area (Å²) in [6.45, 7) is 10.6. The van der Waals surface area contributed by atoms with Gasteiger partial charge in [-0.25, -0.2) is 0 Å². The van der Waals surface area contributed by atoms with Crippen LogP contribution in [0.4, 0.5) is 0 Å². The van der Waals surface area contributed by atoms with Gasteiger partial charge in [0, 0.05) is 0 Å². The SMILES string of the molecule is C=C(C)[C@@H]1CC1(C)C. The summed E-state index contributed by atoms with van der Waals surface area (Å²) in [5.74, 6) is 0.822. The molecule has 0 heteroatoms. The highest BCUT2D eigenvalue weighted by atomic mass is 14.5. The van der Waals surface area contributed by atoms with E-state index in [4.69, 9.17) is 0 Å². The molecule has 0 unspecified atom stereocenters. The van der Waals surface area contributed by atoms with Gasteiger partial charge in [0.05, 0.1) is 0 Å². The maximum atomic E-state index is 3.91. The highest BCUT2D eigenvalue weighted by Crippen LogP contribution is 2.54. The Hall–Kier alpha value is -0.260. The molecule has 0 aromatic heterocycles. The lowest BCUT2D eigenvalue weighted by atomic mass is 10.1. The highest BCUT2D eigenvalue weighted by molar-refractivity contribution is 5.13. The number of rotatable bonds is 1. The monoisotopic (exact) mass is 110 g/mol. The molecule has 0 radical (unpaired) electrons. The number of allylic oxidation sites excluding steroid dienone is 1. The molecule has 0 amide bonds. The van der Waals surface area contributed by atoms with Crippen molar-refractivity contribution in [3.8, 4) is 0 Å². The van der Waals surface area contributed by atoms with Crippen molar-refractivity contribution in [3.05, 3.63) is 12.2 Å². The van der Waals surface area contributed by atoms with Gasteiger partial charge in [0.25, 0.3) is 0 Å². The van der Waals surface area contributed by atoms with Crippen molar-refractivity contribution in [1.82, 2.24) is 0 Å². The average molecular weight is 110 g/mol. The van der Waals surface area contributed by atoms with E-state index in [1.807, 2.05) is 0 Å². The van der Waals surface area contributed by atoms with Crippen molar-refractivity contribution < 1.29 is 0 Å². The molecule has 1 rings (SSSR count). The third-order valence-electron chi connectivity index (χ3n) is 2.11. The predicted molar refractivity (Wildman–Crippen MR) is 36.7 cm³/mol. The molecule has 8 heavy (non-hydrogen) atoms. The van der Waals surface area contributed by atoms with Gasteiger partial charge in [0.1, 0.15) is 0 Å². The highest BCUT2D eigenvalue weighted by Gasteiger charge is 2.45. The molecule has 0 aliphatic heterocycles. The summed E-state index contributed by atoms with van der Waals surface area (Å²) >= 11 is 0. The predicted octanol–water partition coefficient (Wildman–Crippen LogP) is 2.61. The zero-order valence-corrected chi connectivity index (χ0v) is 5.99. The maximum Gasteiger partial charge on any atom is -0.0152 e. The second-order valence-electron chi connectivity index (χ2n) is 3.59. The molecule has 1 aliphatic rings. The minimum Gasteiger partial charge on any atom is -0.0998 e. The number of hydrogen-bond donors (Lipinski definition) is 0. The largest absolute Gasteiger partial charge is 0.0998 e. The maximum absolute atomic E-state index is 3.91. The van der Waals surface area contributed by atoms with Gasteiger partial charge >= 0.3 is 0 Å². The molecule has 0 heterocycles. The van der Waals surface area contributed by atoms with Crippen molar-refractivity contribution in [2.24, 2.45) is 11.3 Å². The summed E-state index contributed by atoms with van der Waals surface area (Å²) in [5, 5.41) is 0. The molecule has 1 fully saturated rings. The number of hydrogen-bond acceptors (Lipinski definition) is 0. The second-order valence-corrected chi connectivity index (χ2v) is 3.59. The average Bonchev–Trinajstić information content (AvgIpc) is 2.13. The molecule has 0 N–H and O–H groups in total. The first kappa shape index (κ1) is 5.87. The van der Waals surface area contributed by atoms with Crippen LogP contribution in [0.15, 0.2) is 12.2 Å². The van der Waals surface area contributed by atoms with Crippen LogP contribution >= 0.6 is 0 Å². The first-order valence-corrected chi connectivity index (χ1v) is 3.19. The summed E-state index contributed by atoms with van der Waals surface area (Å²) in [5.41, 5.74) is 1.95. The first-order chi connectivity index (χ1) is 3.54. The topological polar surface area (TPSA) is 0 Å². The molecule has 0 aromatic rings. The summed E-state index contributed by atoms with van der Waals surface area (Å²) in [7, 11) is 0. The smallest absolute Gasteiger partial charge is 0.0152 e. The Balaban J connectivity index is 2.48. The summed E-state index contributed by atoms with van der Waals surface area (Å²) in [6.07, 6.45) is 1.35. The van der Waals surface area contributed by atoms with Crippen LogP contribution in [-0.4, -0.2) is 0 Å². The Morgan fingerprint density at radius 3 is 2.00 bits per heavy atom. The zero-order valence-electron chi connectivity index (χ0n) is 5.99. The van der Waals surface area contributed by atoms with Crippen LogP contribution in [0.1, 0.15) is 27.2 Å². The van der Waals surface area contributed by atoms with Gasteiger partial charge < -0.3 is 0 Å². The molecule has 46 valence electrons. The van der Waals surface area contributed by atoms with Crippen molar-refractivity contribution in [2.75, 3.05) is 0 Å². The molecular weight excluding hydrogens is 96.1 g/mol. The summed E-state index contributed by atoms with van der Waals surface area (Å²) < 4.78 is 0. The lowest BCUT2D eigenvalue weighted by Gasteiger charge is -1.99. The Morgan fingerprint density at radius 1 is 1.62 bits per heavy atom. The van der Waals surface area contributed by atoms with Gasteiger partial charge in [-0.2, -0.15) is 0 Å². The fraction of sp³-hybridized carbons (Fsp3) is 0.750. The lowest BCUT2D eigenvalue weighted by Crippen LogP contribution is -1.89. The van der Waals surface area contributed by atoms with E-state index >= 15 is 0 Å². The van der Waals surface area contributed by atoms with Crippen molar-refractivity contribution in [1.29, 1.82) is 0 Å². The third-order valence-corrected chi connectivity index (χ3v) is 2.11. The van der Waals surface area contributed by atoms with E-state index in [2.05, 4.69) is 27.4 Å². The lowest BCUT2D eigenvalue weighted by molar-refractivity contribution is 0.598. The second kappa shape index (κ2) is 1.37. The van der Waals surface area contributed by atoms with Crippen LogP contribution in [0, 0.1) is 11.3 Å². The van der Waals surface area contributed by atoms with Crippen LogP contribution in [0.25, 0.3) is 0 Å². The molecule has 0 nitrogen and oxygen atoms in total. The minimum absolute atomic E-state index is 0.589. The zero-order chi connectivity index (χ0) is 6.36. The Morgan fingerprint density at radius 2 is 2.00 bits per heavy atom. The molecule has 1 aliphatic carbocycles. The van der Waals surface area contributed by atoms with Crippen LogP contribution < -0.4 is 0 Å². The molecule has 0 saturated heterocycles. The fourth-order valence-corrected chi connectivity index (χ4v) is 1.31.